The predicted molar refractivity (Wildman–Crippen MR) is 107 cm³/mol. The Kier molecular flexibility index (Phi) is 7.03. The van der Waals surface area contributed by atoms with Crippen LogP contribution >= 0.6 is 0 Å². The summed E-state index contributed by atoms with van der Waals surface area (Å²) in [5.74, 6) is -0.849. The van der Waals surface area contributed by atoms with E-state index in [2.05, 4.69) is 19.2 Å². The van der Waals surface area contributed by atoms with Gasteiger partial charge in [0.15, 0.2) is 6.10 Å². The normalized spacial score (nSPS) is 12.0. The second kappa shape index (κ2) is 9.45. The Balaban J connectivity index is 1.94. The van der Waals surface area contributed by atoms with Crippen molar-refractivity contribution in [3.05, 3.63) is 75.8 Å². The van der Waals surface area contributed by atoms with Crippen molar-refractivity contribution in [2.45, 2.75) is 32.8 Å². The fourth-order valence-electron chi connectivity index (χ4n) is 2.41. The third-order valence-electron chi connectivity index (χ3n) is 4.04. The number of nitrogens with one attached hydrogen (secondary N) is 1. The standard InChI is InChI=1S/C21H22N2O5/c1-14(2)16-8-11-18(12-9-16)22-21(25)15(3)28-20(24)13-10-17-6-4-5-7-19(17)23(26)27/h4-15H,1-3H3,(H,22,25)/b13-10+/t15-/m1/s1. The van der Waals surface area contributed by atoms with E-state index in [0.29, 0.717) is 11.6 Å². The molecule has 0 heterocycles. The second-order valence-electron chi connectivity index (χ2n) is 6.49. The van der Waals surface area contributed by atoms with Crippen LogP contribution < -0.4 is 5.32 Å². The fraction of sp³-hybridized carbons (Fsp3) is 0.238. The van der Waals surface area contributed by atoms with Gasteiger partial charge in [0.25, 0.3) is 11.6 Å². The van der Waals surface area contributed by atoms with Crippen LogP contribution in [0.1, 0.15) is 37.8 Å². The van der Waals surface area contributed by atoms with E-state index in [1.165, 1.54) is 31.2 Å². The summed E-state index contributed by atoms with van der Waals surface area (Å²) in [5.41, 5.74) is 1.90. The van der Waals surface area contributed by atoms with Gasteiger partial charge in [-0.15, -0.1) is 0 Å². The number of hydrogen-bond acceptors (Lipinski definition) is 5. The number of benzene rings is 2. The quantitative estimate of drug-likeness (QED) is 0.333. The van der Waals surface area contributed by atoms with Gasteiger partial charge in [-0.3, -0.25) is 14.9 Å². The minimum absolute atomic E-state index is 0.123. The molecule has 146 valence electrons. The van der Waals surface area contributed by atoms with Crippen molar-refractivity contribution >= 4 is 29.3 Å². The summed E-state index contributed by atoms with van der Waals surface area (Å²) in [6, 6.07) is 13.4. The van der Waals surface area contributed by atoms with Crippen molar-refractivity contribution in [3.8, 4) is 0 Å². The lowest BCUT2D eigenvalue weighted by Crippen LogP contribution is -2.29. The molecule has 0 fully saturated rings. The highest BCUT2D eigenvalue weighted by Crippen LogP contribution is 2.19. The highest BCUT2D eigenvalue weighted by molar-refractivity contribution is 5.96. The third kappa shape index (κ3) is 5.77. The maximum absolute atomic E-state index is 12.2. The molecule has 2 rings (SSSR count). The first-order valence-corrected chi connectivity index (χ1v) is 8.81. The Bertz CT molecular complexity index is 888. The molecule has 0 bridgehead atoms. The van der Waals surface area contributed by atoms with Crippen LogP contribution in [0.15, 0.2) is 54.6 Å². The van der Waals surface area contributed by atoms with Gasteiger partial charge in [0, 0.05) is 17.8 Å². The summed E-state index contributed by atoms with van der Waals surface area (Å²) in [5, 5.41) is 13.6. The molecule has 0 aliphatic carbocycles. The Morgan fingerprint density at radius 1 is 1.07 bits per heavy atom. The monoisotopic (exact) mass is 382 g/mol. The van der Waals surface area contributed by atoms with E-state index < -0.39 is 22.9 Å². The molecule has 0 spiro atoms. The molecule has 1 atom stereocenters. The molecule has 0 saturated carbocycles. The highest BCUT2D eigenvalue weighted by atomic mass is 16.6. The number of carbonyl (C=O) groups excluding carboxylic acids is 2. The van der Waals surface area contributed by atoms with E-state index >= 15 is 0 Å². The van der Waals surface area contributed by atoms with Crippen LogP contribution in [0.5, 0.6) is 0 Å². The maximum atomic E-state index is 12.2. The number of amides is 1. The first-order valence-electron chi connectivity index (χ1n) is 8.81. The average Bonchev–Trinajstić information content (AvgIpc) is 2.66. The smallest absolute Gasteiger partial charge is 0.331 e. The van der Waals surface area contributed by atoms with Crippen LogP contribution in [0.4, 0.5) is 11.4 Å². The molecule has 0 radical (unpaired) electrons. The van der Waals surface area contributed by atoms with Crippen molar-refractivity contribution in [2.75, 3.05) is 5.32 Å². The van der Waals surface area contributed by atoms with E-state index in [1.54, 1.807) is 18.2 Å². The molecular weight excluding hydrogens is 360 g/mol. The van der Waals surface area contributed by atoms with Gasteiger partial charge in [-0.2, -0.15) is 0 Å². The Morgan fingerprint density at radius 2 is 1.71 bits per heavy atom. The zero-order valence-corrected chi connectivity index (χ0v) is 15.9. The highest BCUT2D eigenvalue weighted by Gasteiger charge is 2.17. The molecule has 7 heteroatoms. The summed E-state index contributed by atoms with van der Waals surface area (Å²) in [7, 11) is 0. The first kappa shape index (κ1) is 20.8. The zero-order valence-electron chi connectivity index (χ0n) is 15.9. The summed E-state index contributed by atoms with van der Waals surface area (Å²) in [6.07, 6.45) is 1.33. The van der Waals surface area contributed by atoms with Crippen molar-refractivity contribution < 1.29 is 19.2 Å². The fourth-order valence-corrected chi connectivity index (χ4v) is 2.41. The lowest BCUT2D eigenvalue weighted by Gasteiger charge is -2.13. The number of nitro benzene ring substituents is 1. The molecule has 0 aliphatic rings. The number of ether oxygens (including phenoxy) is 1. The van der Waals surface area contributed by atoms with Crippen LogP contribution in [0.3, 0.4) is 0 Å². The van der Waals surface area contributed by atoms with Gasteiger partial charge in [-0.25, -0.2) is 4.79 Å². The number of carbonyl (C=O) groups is 2. The zero-order chi connectivity index (χ0) is 20.7. The van der Waals surface area contributed by atoms with Gasteiger partial charge in [0.1, 0.15) is 0 Å². The minimum Gasteiger partial charge on any atom is -0.449 e. The van der Waals surface area contributed by atoms with Gasteiger partial charge in [-0.05, 0) is 42.7 Å². The number of para-hydroxylation sites is 1. The molecule has 2 aromatic rings. The second-order valence-corrected chi connectivity index (χ2v) is 6.49. The van der Waals surface area contributed by atoms with E-state index in [-0.39, 0.29) is 11.3 Å². The number of rotatable bonds is 7. The topological polar surface area (TPSA) is 98.5 Å². The molecule has 1 N–H and O–H groups in total. The molecule has 0 aromatic heterocycles. The summed E-state index contributed by atoms with van der Waals surface area (Å²) in [6.45, 7) is 5.61. The summed E-state index contributed by atoms with van der Waals surface area (Å²) >= 11 is 0. The van der Waals surface area contributed by atoms with Gasteiger partial charge in [0.2, 0.25) is 0 Å². The molecule has 28 heavy (non-hydrogen) atoms. The first-order chi connectivity index (χ1) is 13.3. The summed E-state index contributed by atoms with van der Waals surface area (Å²) < 4.78 is 5.06. The molecule has 0 saturated heterocycles. The third-order valence-corrected chi connectivity index (χ3v) is 4.04. The summed E-state index contributed by atoms with van der Waals surface area (Å²) in [4.78, 5) is 34.5. The van der Waals surface area contributed by atoms with Crippen molar-refractivity contribution in [1.82, 2.24) is 0 Å². The number of nitro groups is 1. The van der Waals surface area contributed by atoms with Crippen molar-refractivity contribution in [1.29, 1.82) is 0 Å². The molecule has 0 unspecified atom stereocenters. The lowest BCUT2D eigenvalue weighted by molar-refractivity contribution is -0.385. The van der Waals surface area contributed by atoms with Crippen LogP contribution in [-0.2, 0) is 14.3 Å². The van der Waals surface area contributed by atoms with Crippen molar-refractivity contribution in [3.63, 3.8) is 0 Å². The van der Waals surface area contributed by atoms with Crippen molar-refractivity contribution in [2.24, 2.45) is 0 Å². The predicted octanol–water partition coefficient (Wildman–Crippen LogP) is 4.30. The van der Waals surface area contributed by atoms with Gasteiger partial charge < -0.3 is 10.1 Å². The van der Waals surface area contributed by atoms with Crippen LogP contribution in [-0.4, -0.2) is 22.9 Å². The van der Waals surface area contributed by atoms with E-state index in [4.69, 9.17) is 4.74 Å². The number of esters is 1. The molecule has 0 aliphatic heterocycles. The lowest BCUT2D eigenvalue weighted by atomic mass is 10.0. The Labute approximate surface area is 163 Å². The van der Waals surface area contributed by atoms with E-state index in [9.17, 15) is 19.7 Å². The number of nitrogens with zero attached hydrogens (tertiary/aromatic N) is 1. The van der Waals surface area contributed by atoms with Crippen LogP contribution in [0.25, 0.3) is 6.08 Å². The Hall–Kier alpha value is -3.48. The van der Waals surface area contributed by atoms with Crippen LogP contribution in [0, 0.1) is 10.1 Å². The van der Waals surface area contributed by atoms with E-state index in [1.807, 2.05) is 12.1 Å². The Morgan fingerprint density at radius 3 is 2.32 bits per heavy atom. The largest absolute Gasteiger partial charge is 0.449 e. The minimum atomic E-state index is -1.02. The maximum Gasteiger partial charge on any atom is 0.331 e. The van der Waals surface area contributed by atoms with Gasteiger partial charge in [0.05, 0.1) is 10.5 Å². The molecular formula is C21H22N2O5. The van der Waals surface area contributed by atoms with Gasteiger partial charge >= 0.3 is 5.97 Å². The van der Waals surface area contributed by atoms with Crippen LogP contribution in [0.2, 0.25) is 0 Å². The SMILES string of the molecule is CC(C)c1ccc(NC(=O)[C@@H](C)OC(=O)/C=C/c2ccccc2[N+](=O)[O-])cc1. The molecule has 1 amide bonds. The average molecular weight is 382 g/mol. The number of anilines is 1. The molecule has 2 aromatic carbocycles. The number of hydrogen-bond donors (Lipinski definition) is 1. The van der Waals surface area contributed by atoms with E-state index in [0.717, 1.165) is 11.6 Å². The molecule has 7 nitrogen and oxygen atoms in total. The van der Waals surface area contributed by atoms with Gasteiger partial charge in [-0.1, -0.05) is 38.1 Å².